The lowest BCUT2D eigenvalue weighted by Crippen LogP contribution is -2.08. The number of aromatic nitrogens is 3. The second-order valence-corrected chi connectivity index (χ2v) is 7.93. The molecule has 0 spiro atoms. The number of benzene rings is 1. The fourth-order valence-electron chi connectivity index (χ4n) is 3.31. The largest absolute Gasteiger partial charge is 0.359 e. The van der Waals surface area contributed by atoms with Gasteiger partial charge in [-0.1, -0.05) is 29.5 Å². The number of rotatable bonds is 4. The Labute approximate surface area is 157 Å². The summed E-state index contributed by atoms with van der Waals surface area (Å²) in [6.45, 7) is 8.56. The van der Waals surface area contributed by atoms with Gasteiger partial charge in [0.15, 0.2) is 5.13 Å². The molecule has 0 radical (unpaired) electrons. The Balaban J connectivity index is 1.89. The number of thiazole rings is 1. The van der Waals surface area contributed by atoms with Crippen molar-refractivity contribution in [2.75, 3.05) is 5.32 Å². The van der Waals surface area contributed by atoms with E-state index in [1.54, 1.807) is 11.3 Å². The van der Waals surface area contributed by atoms with Crippen molar-refractivity contribution < 1.29 is 0 Å². The average Bonchev–Trinajstić information content (AvgIpc) is 3.22. The van der Waals surface area contributed by atoms with Crippen LogP contribution in [0, 0.1) is 13.8 Å². The zero-order valence-electron chi connectivity index (χ0n) is 15.4. The zero-order chi connectivity index (χ0) is 18.3. The maximum Gasteiger partial charge on any atom is 0.183 e. The summed E-state index contributed by atoms with van der Waals surface area (Å²) in [6, 6.07) is 9.03. The molecular formula is C21H22N4S. The van der Waals surface area contributed by atoms with E-state index in [-0.39, 0.29) is 0 Å². The van der Waals surface area contributed by atoms with Crippen LogP contribution >= 0.6 is 11.3 Å². The van der Waals surface area contributed by atoms with Crippen LogP contribution in [0.4, 0.5) is 5.13 Å². The number of fused-ring (bicyclic) bond motifs is 1. The molecule has 0 bridgehead atoms. The van der Waals surface area contributed by atoms with Crippen molar-refractivity contribution in [1.82, 2.24) is 14.4 Å². The number of anilines is 1. The van der Waals surface area contributed by atoms with Gasteiger partial charge in [-0.25, -0.2) is 9.97 Å². The Morgan fingerprint density at radius 2 is 1.88 bits per heavy atom. The average molecular weight is 363 g/mol. The maximum atomic E-state index is 4.60. The lowest BCUT2D eigenvalue weighted by Gasteiger charge is -2.13. The summed E-state index contributed by atoms with van der Waals surface area (Å²) < 4.78 is 2.10. The van der Waals surface area contributed by atoms with Crippen molar-refractivity contribution in [3.63, 3.8) is 0 Å². The first-order chi connectivity index (χ1) is 12.5. The van der Waals surface area contributed by atoms with Crippen molar-refractivity contribution in [2.45, 2.75) is 33.7 Å². The highest BCUT2D eigenvalue weighted by molar-refractivity contribution is 7.18. The first-order valence-corrected chi connectivity index (χ1v) is 9.60. The third-order valence-corrected chi connectivity index (χ3v) is 5.42. The molecule has 1 N–H and O–H groups in total. The van der Waals surface area contributed by atoms with Crippen LogP contribution in [0.5, 0.6) is 0 Å². The van der Waals surface area contributed by atoms with Gasteiger partial charge in [0.1, 0.15) is 5.65 Å². The van der Waals surface area contributed by atoms with E-state index in [1.165, 1.54) is 16.7 Å². The van der Waals surface area contributed by atoms with Gasteiger partial charge < -0.3 is 9.72 Å². The molecular weight excluding hydrogens is 340 g/mol. The van der Waals surface area contributed by atoms with Gasteiger partial charge in [-0.2, -0.15) is 0 Å². The van der Waals surface area contributed by atoms with E-state index >= 15 is 0 Å². The molecule has 4 rings (SSSR count). The summed E-state index contributed by atoms with van der Waals surface area (Å²) in [5.74, 6) is 0. The van der Waals surface area contributed by atoms with Crippen LogP contribution in [-0.2, 0) is 0 Å². The van der Waals surface area contributed by atoms with Gasteiger partial charge >= 0.3 is 0 Å². The molecule has 0 fully saturated rings. The standard InChI is InChI=1S/C21H22N4S/c1-13(2)24-21-23-11-18(26-21)16-10-17(20-22-8-9-25(20)12-16)19-14(3)6-5-7-15(19)4/h5-13H,1-4H3,(H,23,24). The van der Waals surface area contributed by atoms with E-state index in [9.17, 15) is 0 Å². The van der Waals surface area contributed by atoms with Crippen LogP contribution in [0.3, 0.4) is 0 Å². The number of nitrogens with zero attached hydrogens (tertiary/aromatic N) is 3. The number of aryl methyl sites for hydroxylation is 2. The fourth-order valence-corrected chi connectivity index (χ4v) is 4.26. The van der Waals surface area contributed by atoms with E-state index in [1.807, 2.05) is 18.6 Å². The predicted octanol–water partition coefficient (Wildman–Crippen LogP) is 5.56. The maximum absolute atomic E-state index is 4.60. The van der Waals surface area contributed by atoms with Crippen molar-refractivity contribution in [3.05, 3.63) is 60.2 Å². The minimum Gasteiger partial charge on any atom is -0.359 e. The van der Waals surface area contributed by atoms with Crippen molar-refractivity contribution in [3.8, 4) is 21.6 Å². The first kappa shape index (κ1) is 16.8. The van der Waals surface area contributed by atoms with Gasteiger partial charge in [-0.15, -0.1) is 0 Å². The predicted molar refractivity (Wildman–Crippen MR) is 110 cm³/mol. The molecule has 26 heavy (non-hydrogen) atoms. The Kier molecular flexibility index (Phi) is 4.24. The molecule has 0 aliphatic carbocycles. The lowest BCUT2D eigenvalue weighted by molar-refractivity contribution is 0.896. The zero-order valence-corrected chi connectivity index (χ0v) is 16.3. The summed E-state index contributed by atoms with van der Waals surface area (Å²) in [7, 11) is 0. The number of nitrogens with one attached hydrogen (secondary N) is 1. The van der Waals surface area contributed by atoms with Gasteiger partial charge in [0, 0.05) is 42.0 Å². The lowest BCUT2D eigenvalue weighted by atomic mass is 9.95. The summed E-state index contributed by atoms with van der Waals surface area (Å²) in [4.78, 5) is 10.3. The van der Waals surface area contributed by atoms with Crippen LogP contribution in [0.1, 0.15) is 25.0 Å². The second kappa shape index (κ2) is 6.57. The molecule has 4 nitrogen and oxygen atoms in total. The summed E-state index contributed by atoms with van der Waals surface area (Å²) in [5.41, 5.74) is 7.08. The van der Waals surface area contributed by atoms with Crippen LogP contribution in [0.2, 0.25) is 0 Å². The molecule has 0 aliphatic rings. The summed E-state index contributed by atoms with van der Waals surface area (Å²) in [5, 5.41) is 4.33. The highest BCUT2D eigenvalue weighted by Gasteiger charge is 2.14. The van der Waals surface area contributed by atoms with E-state index in [4.69, 9.17) is 0 Å². The molecule has 0 aliphatic heterocycles. The van der Waals surface area contributed by atoms with Gasteiger partial charge in [-0.05, 0) is 50.5 Å². The minimum absolute atomic E-state index is 0.371. The van der Waals surface area contributed by atoms with Gasteiger partial charge in [-0.3, -0.25) is 0 Å². The van der Waals surface area contributed by atoms with Crippen LogP contribution in [-0.4, -0.2) is 20.4 Å². The molecule has 5 heteroatoms. The fraction of sp³-hybridized carbons (Fsp3) is 0.238. The van der Waals surface area contributed by atoms with Gasteiger partial charge in [0.25, 0.3) is 0 Å². The Bertz CT molecular complexity index is 1050. The van der Waals surface area contributed by atoms with Crippen molar-refractivity contribution >= 4 is 22.1 Å². The van der Waals surface area contributed by atoms with Crippen molar-refractivity contribution in [1.29, 1.82) is 0 Å². The Hall–Kier alpha value is -2.66. The van der Waals surface area contributed by atoms with E-state index < -0.39 is 0 Å². The van der Waals surface area contributed by atoms with E-state index in [2.05, 4.69) is 77.8 Å². The molecule has 3 aromatic heterocycles. The number of hydrogen-bond acceptors (Lipinski definition) is 4. The van der Waals surface area contributed by atoms with Crippen LogP contribution in [0.15, 0.2) is 49.1 Å². The van der Waals surface area contributed by atoms with Crippen molar-refractivity contribution in [2.24, 2.45) is 0 Å². The van der Waals surface area contributed by atoms with Crippen LogP contribution < -0.4 is 5.32 Å². The molecule has 132 valence electrons. The summed E-state index contributed by atoms with van der Waals surface area (Å²) in [6.07, 6.45) is 7.94. The molecule has 3 heterocycles. The molecule has 0 amide bonds. The molecule has 0 unspecified atom stereocenters. The smallest absolute Gasteiger partial charge is 0.183 e. The number of hydrogen-bond donors (Lipinski definition) is 1. The Morgan fingerprint density at radius 1 is 1.12 bits per heavy atom. The normalized spacial score (nSPS) is 11.4. The highest BCUT2D eigenvalue weighted by Crippen LogP contribution is 2.36. The molecule has 1 aromatic carbocycles. The van der Waals surface area contributed by atoms with Crippen LogP contribution in [0.25, 0.3) is 27.2 Å². The first-order valence-electron chi connectivity index (χ1n) is 8.79. The second-order valence-electron chi connectivity index (χ2n) is 6.90. The third kappa shape index (κ3) is 2.99. The number of pyridine rings is 1. The van der Waals surface area contributed by atoms with Gasteiger partial charge in [0.2, 0.25) is 0 Å². The minimum atomic E-state index is 0.371. The molecule has 0 atom stereocenters. The number of imidazole rings is 1. The van der Waals surface area contributed by atoms with E-state index in [0.717, 1.165) is 26.8 Å². The SMILES string of the molecule is Cc1cccc(C)c1-c1cc(-c2cnc(NC(C)C)s2)cn2ccnc12. The summed E-state index contributed by atoms with van der Waals surface area (Å²) >= 11 is 1.68. The molecule has 0 saturated heterocycles. The van der Waals surface area contributed by atoms with E-state index in [0.29, 0.717) is 6.04 Å². The molecule has 0 saturated carbocycles. The Morgan fingerprint density at radius 3 is 2.62 bits per heavy atom. The van der Waals surface area contributed by atoms with Gasteiger partial charge in [0.05, 0.1) is 4.88 Å². The third-order valence-electron chi connectivity index (χ3n) is 4.44. The monoisotopic (exact) mass is 362 g/mol. The topological polar surface area (TPSA) is 42.2 Å². The molecule has 4 aromatic rings. The quantitative estimate of drug-likeness (QED) is 0.517. The highest BCUT2D eigenvalue weighted by atomic mass is 32.1.